The van der Waals surface area contributed by atoms with E-state index in [1.807, 2.05) is 18.2 Å². The molecule has 1 aliphatic heterocycles. The number of nitrogens with zero attached hydrogens (tertiary/aromatic N) is 2. The summed E-state index contributed by atoms with van der Waals surface area (Å²) in [7, 11) is 2.06. The van der Waals surface area contributed by atoms with Gasteiger partial charge in [0.05, 0.1) is 17.1 Å². The molecule has 0 bridgehead atoms. The van der Waals surface area contributed by atoms with E-state index in [4.69, 9.17) is 16.6 Å². The molecular weight excluding hydrogens is 270 g/mol. The quantitative estimate of drug-likeness (QED) is 0.733. The van der Waals surface area contributed by atoms with Gasteiger partial charge in [-0.05, 0) is 29.8 Å². The van der Waals surface area contributed by atoms with Gasteiger partial charge in [0.1, 0.15) is 5.82 Å². The number of aryl methyl sites for hydroxylation is 1. The van der Waals surface area contributed by atoms with Crippen molar-refractivity contribution in [1.29, 1.82) is 0 Å². The number of para-hydroxylation sites is 1. The van der Waals surface area contributed by atoms with E-state index in [1.165, 1.54) is 11.3 Å². The lowest BCUT2D eigenvalue weighted by molar-refractivity contribution is 0.704. The Morgan fingerprint density at radius 3 is 2.95 bits per heavy atom. The molecule has 3 nitrogen and oxygen atoms in total. The van der Waals surface area contributed by atoms with E-state index in [2.05, 4.69) is 41.2 Å². The van der Waals surface area contributed by atoms with Crippen molar-refractivity contribution >= 4 is 28.3 Å². The molecule has 0 amide bonds. The summed E-state index contributed by atoms with van der Waals surface area (Å²) in [5.41, 5.74) is 4.63. The second kappa shape index (κ2) is 4.25. The monoisotopic (exact) mass is 283 g/mol. The van der Waals surface area contributed by atoms with Crippen LogP contribution in [0, 0.1) is 0 Å². The lowest BCUT2D eigenvalue weighted by Crippen LogP contribution is -2.11. The van der Waals surface area contributed by atoms with Crippen molar-refractivity contribution in [3.05, 3.63) is 58.9 Å². The van der Waals surface area contributed by atoms with Gasteiger partial charge in [0.25, 0.3) is 0 Å². The summed E-state index contributed by atoms with van der Waals surface area (Å²) in [6.07, 6.45) is 0.973. The van der Waals surface area contributed by atoms with Gasteiger partial charge in [-0.25, -0.2) is 4.98 Å². The van der Waals surface area contributed by atoms with E-state index >= 15 is 0 Å². The minimum atomic E-state index is 0.226. The lowest BCUT2D eigenvalue weighted by Gasteiger charge is -2.11. The highest BCUT2D eigenvalue weighted by Gasteiger charge is 2.25. The summed E-state index contributed by atoms with van der Waals surface area (Å²) >= 11 is 6.05. The number of hydrogen-bond donors (Lipinski definition) is 1. The molecule has 0 radical (unpaired) electrons. The molecule has 0 aliphatic carbocycles. The third-order valence-electron chi connectivity index (χ3n) is 3.96. The van der Waals surface area contributed by atoms with Crippen LogP contribution in [0.5, 0.6) is 0 Å². The molecule has 0 saturated carbocycles. The number of halogens is 1. The first-order valence-electron chi connectivity index (χ1n) is 6.69. The van der Waals surface area contributed by atoms with Gasteiger partial charge in [0.15, 0.2) is 0 Å². The van der Waals surface area contributed by atoms with Crippen LogP contribution in [-0.2, 0) is 13.5 Å². The molecule has 1 atom stereocenters. The Labute approximate surface area is 122 Å². The molecule has 4 heteroatoms. The fourth-order valence-electron chi connectivity index (χ4n) is 2.96. The summed E-state index contributed by atoms with van der Waals surface area (Å²) in [6, 6.07) is 14.5. The van der Waals surface area contributed by atoms with Crippen LogP contribution in [-0.4, -0.2) is 9.55 Å². The first-order chi connectivity index (χ1) is 9.72. The van der Waals surface area contributed by atoms with Crippen molar-refractivity contribution in [3.63, 3.8) is 0 Å². The summed E-state index contributed by atoms with van der Waals surface area (Å²) in [5, 5.41) is 4.28. The molecule has 4 rings (SSSR count). The molecule has 1 aromatic heterocycles. The highest BCUT2D eigenvalue weighted by atomic mass is 35.5. The Hall–Kier alpha value is -2.00. The summed E-state index contributed by atoms with van der Waals surface area (Å²) in [4.78, 5) is 4.75. The predicted octanol–water partition coefficient (Wildman–Crippen LogP) is 3.94. The van der Waals surface area contributed by atoms with Crippen molar-refractivity contribution in [2.24, 2.45) is 7.05 Å². The Kier molecular flexibility index (Phi) is 2.51. The molecule has 3 aromatic rings. The van der Waals surface area contributed by atoms with Crippen LogP contribution in [0.3, 0.4) is 0 Å². The average molecular weight is 284 g/mol. The van der Waals surface area contributed by atoms with Gasteiger partial charge in [0.2, 0.25) is 0 Å². The van der Waals surface area contributed by atoms with Gasteiger partial charge in [-0.1, -0.05) is 29.8 Å². The molecular formula is C16H14ClN3. The van der Waals surface area contributed by atoms with Crippen LogP contribution in [0.25, 0.3) is 11.0 Å². The first-order valence-corrected chi connectivity index (χ1v) is 7.06. The third kappa shape index (κ3) is 1.70. The Balaban J connectivity index is 1.79. The fourth-order valence-corrected chi connectivity index (χ4v) is 3.12. The average Bonchev–Trinajstić information content (AvgIpc) is 3.00. The molecule has 100 valence electrons. The van der Waals surface area contributed by atoms with Crippen molar-refractivity contribution < 1.29 is 0 Å². The Bertz CT molecular complexity index is 782. The topological polar surface area (TPSA) is 29.9 Å². The van der Waals surface area contributed by atoms with Crippen LogP contribution < -0.4 is 5.32 Å². The number of nitrogens with one attached hydrogen (secondary N) is 1. The van der Waals surface area contributed by atoms with E-state index in [9.17, 15) is 0 Å². The minimum Gasteiger partial charge on any atom is -0.375 e. The number of aromatic nitrogens is 2. The molecule has 0 spiro atoms. The van der Waals surface area contributed by atoms with Gasteiger partial charge in [-0.2, -0.15) is 0 Å². The van der Waals surface area contributed by atoms with Crippen LogP contribution in [0.4, 0.5) is 5.69 Å². The molecule has 20 heavy (non-hydrogen) atoms. The molecule has 1 aliphatic rings. The highest BCUT2D eigenvalue weighted by molar-refractivity contribution is 6.31. The number of anilines is 1. The molecule has 1 unspecified atom stereocenters. The van der Waals surface area contributed by atoms with Gasteiger partial charge in [-0.15, -0.1) is 0 Å². The number of benzene rings is 2. The van der Waals surface area contributed by atoms with Gasteiger partial charge in [-0.3, -0.25) is 0 Å². The SMILES string of the molecule is Cn1c(C2Cc3ccccc3N2)nc2cc(Cl)ccc21. The lowest BCUT2D eigenvalue weighted by atomic mass is 10.1. The second-order valence-corrected chi connectivity index (χ2v) is 5.66. The number of imidazole rings is 1. The van der Waals surface area contributed by atoms with E-state index in [1.54, 1.807) is 0 Å². The predicted molar refractivity (Wildman–Crippen MR) is 82.2 cm³/mol. The molecule has 0 saturated heterocycles. The van der Waals surface area contributed by atoms with Crippen molar-refractivity contribution in [2.75, 3.05) is 5.32 Å². The molecule has 0 fully saturated rings. The minimum absolute atomic E-state index is 0.226. The molecule has 1 N–H and O–H groups in total. The normalized spacial score (nSPS) is 17.2. The van der Waals surface area contributed by atoms with E-state index in [0.717, 1.165) is 28.3 Å². The zero-order valence-electron chi connectivity index (χ0n) is 11.1. The zero-order chi connectivity index (χ0) is 13.7. The van der Waals surface area contributed by atoms with E-state index < -0.39 is 0 Å². The Morgan fingerprint density at radius 1 is 1.25 bits per heavy atom. The first kappa shape index (κ1) is 11.8. The smallest absolute Gasteiger partial charge is 0.132 e. The zero-order valence-corrected chi connectivity index (χ0v) is 11.9. The third-order valence-corrected chi connectivity index (χ3v) is 4.20. The Morgan fingerprint density at radius 2 is 2.10 bits per heavy atom. The number of hydrogen-bond acceptors (Lipinski definition) is 2. The largest absolute Gasteiger partial charge is 0.375 e. The highest BCUT2D eigenvalue weighted by Crippen LogP contribution is 2.34. The number of fused-ring (bicyclic) bond motifs is 2. The maximum Gasteiger partial charge on any atom is 0.132 e. The van der Waals surface area contributed by atoms with Gasteiger partial charge < -0.3 is 9.88 Å². The van der Waals surface area contributed by atoms with Gasteiger partial charge in [0, 0.05) is 24.2 Å². The van der Waals surface area contributed by atoms with Crippen molar-refractivity contribution in [3.8, 4) is 0 Å². The fraction of sp³-hybridized carbons (Fsp3) is 0.188. The van der Waals surface area contributed by atoms with Crippen LogP contribution >= 0.6 is 11.6 Å². The van der Waals surface area contributed by atoms with Crippen LogP contribution in [0.15, 0.2) is 42.5 Å². The van der Waals surface area contributed by atoms with E-state index in [0.29, 0.717) is 0 Å². The molecule has 2 heterocycles. The standard InChI is InChI=1S/C16H14ClN3/c1-20-15-7-6-11(17)9-13(15)19-16(20)14-8-10-4-2-3-5-12(10)18-14/h2-7,9,14,18H,8H2,1H3. The maximum absolute atomic E-state index is 6.05. The van der Waals surface area contributed by atoms with Crippen LogP contribution in [0.2, 0.25) is 5.02 Å². The maximum atomic E-state index is 6.05. The summed E-state index contributed by atoms with van der Waals surface area (Å²) < 4.78 is 2.15. The van der Waals surface area contributed by atoms with Crippen LogP contribution in [0.1, 0.15) is 17.4 Å². The summed E-state index contributed by atoms with van der Waals surface area (Å²) in [6.45, 7) is 0. The van der Waals surface area contributed by atoms with Gasteiger partial charge >= 0.3 is 0 Å². The summed E-state index contributed by atoms with van der Waals surface area (Å²) in [5.74, 6) is 1.05. The number of rotatable bonds is 1. The molecule has 2 aromatic carbocycles. The second-order valence-electron chi connectivity index (χ2n) is 5.22. The van der Waals surface area contributed by atoms with Crippen molar-refractivity contribution in [2.45, 2.75) is 12.5 Å². The van der Waals surface area contributed by atoms with E-state index in [-0.39, 0.29) is 6.04 Å². The van der Waals surface area contributed by atoms with Crippen molar-refractivity contribution in [1.82, 2.24) is 9.55 Å².